The van der Waals surface area contributed by atoms with Gasteiger partial charge in [-0.2, -0.15) is 0 Å². The van der Waals surface area contributed by atoms with Crippen LogP contribution in [-0.4, -0.2) is 33.4 Å². The van der Waals surface area contributed by atoms with E-state index >= 15 is 0 Å². The molecule has 3 N–H and O–H groups in total. The van der Waals surface area contributed by atoms with Crippen LogP contribution in [0.1, 0.15) is 42.4 Å². The molecule has 0 saturated carbocycles. The summed E-state index contributed by atoms with van der Waals surface area (Å²) in [5.41, 5.74) is 9.09. The molecule has 6 heteroatoms. The molecule has 2 aliphatic rings. The third-order valence-electron chi connectivity index (χ3n) is 5.08. The van der Waals surface area contributed by atoms with Crippen LogP contribution in [-0.2, 0) is 17.8 Å². The number of nitrogens with one attached hydrogen (secondary N) is 1. The molecule has 2 aliphatic heterocycles. The number of anilines is 1. The maximum absolute atomic E-state index is 11.2. The summed E-state index contributed by atoms with van der Waals surface area (Å²) in [5.74, 6) is 0.843. The maximum atomic E-state index is 11.2. The first-order valence-electron chi connectivity index (χ1n) is 8.52. The number of hydrogen-bond donors (Lipinski definition) is 2. The van der Waals surface area contributed by atoms with Gasteiger partial charge in [-0.15, -0.1) is 0 Å². The van der Waals surface area contributed by atoms with Crippen LogP contribution in [0.15, 0.2) is 30.6 Å². The second kappa shape index (κ2) is 5.94. The van der Waals surface area contributed by atoms with Gasteiger partial charge in [-0.05, 0) is 43.0 Å². The Bertz CT molecular complexity index is 769. The Morgan fingerprint density at radius 2 is 2.29 bits per heavy atom. The summed E-state index contributed by atoms with van der Waals surface area (Å²) in [6, 6.07) is 7.28. The Morgan fingerprint density at radius 3 is 3.12 bits per heavy atom. The second-order valence-electron chi connectivity index (χ2n) is 6.88. The predicted molar refractivity (Wildman–Crippen MR) is 92.5 cm³/mol. The highest BCUT2D eigenvalue weighted by Gasteiger charge is 2.29. The SMILES string of the molecule is CC1CC(Nc2ccc3c(c2)CN(CC(N)=O)CC3)c2nccn21. The molecule has 4 rings (SSSR count). The van der Waals surface area contributed by atoms with Crippen molar-refractivity contribution in [2.45, 2.75) is 38.4 Å². The minimum Gasteiger partial charge on any atom is -0.375 e. The number of rotatable bonds is 4. The molecule has 2 aromatic rings. The Labute approximate surface area is 141 Å². The summed E-state index contributed by atoms with van der Waals surface area (Å²) in [6.45, 7) is 4.22. The number of carbonyl (C=O) groups is 1. The number of primary amides is 1. The molecule has 0 fully saturated rings. The normalized spacial score (nSPS) is 22.9. The number of nitrogens with two attached hydrogens (primary N) is 1. The fourth-order valence-electron chi connectivity index (χ4n) is 3.91. The molecule has 0 radical (unpaired) electrons. The quantitative estimate of drug-likeness (QED) is 0.899. The molecule has 0 saturated heterocycles. The number of carbonyl (C=O) groups excluding carboxylic acids is 1. The van der Waals surface area contributed by atoms with Gasteiger partial charge in [0, 0.05) is 37.2 Å². The van der Waals surface area contributed by atoms with Crippen molar-refractivity contribution < 1.29 is 4.79 Å². The molecule has 126 valence electrons. The van der Waals surface area contributed by atoms with Gasteiger partial charge in [0.25, 0.3) is 0 Å². The van der Waals surface area contributed by atoms with Crippen molar-refractivity contribution in [3.63, 3.8) is 0 Å². The number of fused-ring (bicyclic) bond motifs is 2. The molecule has 1 aromatic carbocycles. The monoisotopic (exact) mass is 325 g/mol. The standard InChI is InChI=1S/C18H23N5O/c1-12-8-16(18-20-5-7-23(12)18)21-15-3-2-13-4-6-22(11-17(19)24)10-14(13)9-15/h2-3,5,7,9,12,16,21H,4,6,8,10-11H2,1H3,(H2,19,24). The van der Waals surface area contributed by atoms with Gasteiger partial charge in [-0.3, -0.25) is 9.69 Å². The molecule has 0 bridgehead atoms. The third-order valence-corrected chi connectivity index (χ3v) is 5.08. The van der Waals surface area contributed by atoms with Crippen LogP contribution in [0.3, 0.4) is 0 Å². The van der Waals surface area contributed by atoms with Crippen molar-refractivity contribution in [1.29, 1.82) is 0 Å². The topological polar surface area (TPSA) is 76.2 Å². The molecule has 1 amide bonds. The van der Waals surface area contributed by atoms with Gasteiger partial charge in [0.15, 0.2) is 0 Å². The first-order valence-corrected chi connectivity index (χ1v) is 8.52. The van der Waals surface area contributed by atoms with Gasteiger partial charge in [0.05, 0.1) is 12.6 Å². The molecule has 2 atom stereocenters. The Kier molecular flexibility index (Phi) is 3.76. The van der Waals surface area contributed by atoms with Gasteiger partial charge in [-0.1, -0.05) is 6.07 Å². The number of benzene rings is 1. The number of hydrogen-bond acceptors (Lipinski definition) is 4. The van der Waals surface area contributed by atoms with Gasteiger partial charge in [0.2, 0.25) is 5.91 Å². The van der Waals surface area contributed by atoms with Crippen molar-refractivity contribution in [3.05, 3.63) is 47.5 Å². The maximum Gasteiger partial charge on any atom is 0.231 e. The lowest BCUT2D eigenvalue weighted by Gasteiger charge is -2.28. The summed E-state index contributed by atoms with van der Waals surface area (Å²) in [4.78, 5) is 17.8. The molecule has 6 nitrogen and oxygen atoms in total. The average molecular weight is 325 g/mol. The van der Waals surface area contributed by atoms with Gasteiger partial charge < -0.3 is 15.6 Å². The molecule has 0 spiro atoms. The summed E-state index contributed by atoms with van der Waals surface area (Å²) >= 11 is 0. The van der Waals surface area contributed by atoms with E-state index in [1.807, 2.05) is 6.20 Å². The van der Waals surface area contributed by atoms with Gasteiger partial charge in [0.1, 0.15) is 5.82 Å². The van der Waals surface area contributed by atoms with Crippen LogP contribution in [0, 0.1) is 0 Å². The Balaban J connectivity index is 1.51. The van der Waals surface area contributed by atoms with Crippen molar-refractivity contribution in [2.75, 3.05) is 18.4 Å². The molecule has 0 aliphatic carbocycles. The van der Waals surface area contributed by atoms with Crippen molar-refractivity contribution in [3.8, 4) is 0 Å². The molecule has 24 heavy (non-hydrogen) atoms. The lowest BCUT2D eigenvalue weighted by molar-refractivity contribution is -0.119. The molecule has 3 heterocycles. The zero-order valence-electron chi connectivity index (χ0n) is 13.9. The first kappa shape index (κ1) is 15.2. The van der Waals surface area contributed by atoms with E-state index in [1.54, 1.807) is 0 Å². The van der Waals surface area contributed by atoms with Crippen LogP contribution in [0.4, 0.5) is 5.69 Å². The second-order valence-corrected chi connectivity index (χ2v) is 6.88. The third kappa shape index (κ3) is 2.78. The van der Waals surface area contributed by atoms with Crippen LogP contribution < -0.4 is 11.1 Å². The lowest BCUT2D eigenvalue weighted by atomic mass is 9.98. The van der Waals surface area contributed by atoms with Gasteiger partial charge in [-0.25, -0.2) is 4.98 Å². The summed E-state index contributed by atoms with van der Waals surface area (Å²) in [7, 11) is 0. The highest BCUT2D eigenvalue weighted by atomic mass is 16.1. The van der Waals surface area contributed by atoms with Crippen molar-refractivity contribution in [2.24, 2.45) is 5.73 Å². The van der Waals surface area contributed by atoms with Crippen LogP contribution in [0.5, 0.6) is 0 Å². The van der Waals surface area contributed by atoms with E-state index in [0.29, 0.717) is 12.6 Å². The lowest BCUT2D eigenvalue weighted by Crippen LogP contribution is -2.37. The smallest absolute Gasteiger partial charge is 0.231 e. The van der Waals surface area contributed by atoms with E-state index in [2.05, 4.69) is 51.1 Å². The summed E-state index contributed by atoms with van der Waals surface area (Å²) < 4.78 is 2.24. The fraction of sp³-hybridized carbons (Fsp3) is 0.444. The van der Waals surface area contributed by atoms with Crippen LogP contribution >= 0.6 is 0 Å². The number of aromatic nitrogens is 2. The van der Waals surface area contributed by atoms with Crippen LogP contribution in [0.2, 0.25) is 0 Å². The van der Waals surface area contributed by atoms with Crippen molar-refractivity contribution >= 4 is 11.6 Å². The highest BCUT2D eigenvalue weighted by molar-refractivity contribution is 5.76. The van der Waals surface area contributed by atoms with E-state index in [0.717, 1.165) is 37.4 Å². The van der Waals surface area contributed by atoms with E-state index in [-0.39, 0.29) is 11.9 Å². The minimum atomic E-state index is -0.264. The van der Waals surface area contributed by atoms with E-state index in [1.165, 1.54) is 11.1 Å². The molecule has 2 unspecified atom stereocenters. The average Bonchev–Trinajstić information content (AvgIpc) is 3.12. The van der Waals surface area contributed by atoms with Crippen LogP contribution in [0.25, 0.3) is 0 Å². The molecular formula is C18H23N5O. The Hall–Kier alpha value is -2.34. The summed E-state index contributed by atoms with van der Waals surface area (Å²) in [5, 5.41) is 3.63. The minimum absolute atomic E-state index is 0.248. The molecule has 1 aromatic heterocycles. The number of imidazole rings is 1. The zero-order chi connectivity index (χ0) is 16.7. The fourth-order valence-corrected chi connectivity index (χ4v) is 3.91. The highest BCUT2D eigenvalue weighted by Crippen LogP contribution is 2.35. The number of nitrogens with zero attached hydrogens (tertiary/aromatic N) is 3. The van der Waals surface area contributed by atoms with E-state index < -0.39 is 0 Å². The predicted octanol–water partition coefficient (Wildman–Crippen LogP) is 1.84. The zero-order valence-corrected chi connectivity index (χ0v) is 13.9. The first-order chi connectivity index (χ1) is 11.6. The largest absolute Gasteiger partial charge is 0.375 e. The number of amides is 1. The van der Waals surface area contributed by atoms with Gasteiger partial charge >= 0.3 is 0 Å². The van der Waals surface area contributed by atoms with E-state index in [4.69, 9.17) is 5.73 Å². The molecular weight excluding hydrogens is 302 g/mol. The summed E-state index contributed by atoms with van der Waals surface area (Å²) in [6.07, 6.45) is 5.94. The van der Waals surface area contributed by atoms with E-state index in [9.17, 15) is 4.79 Å². The van der Waals surface area contributed by atoms with Crippen molar-refractivity contribution in [1.82, 2.24) is 14.5 Å². The Morgan fingerprint density at radius 1 is 1.42 bits per heavy atom.